The first kappa shape index (κ1) is 19.7. The Balaban J connectivity index is 0.00000231. The third-order valence-corrected chi connectivity index (χ3v) is 8.05. The van der Waals surface area contributed by atoms with Crippen molar-refractivity contribution >= 4 is 5.91 Å². The van der Waals surface area contributed by atoms with E-state index < -0.39 is 0 Å². The Morgan fingerprint density at radius 1 is 0.967 bits per heavy atom. The number of halogens is 2. The average Bonchev–Trinajstić information content (AvgIpc) is 2.92. The summed E-state index contributed by atoms with van der Waals surface area (Å²) in [5.41, 5.74) is 1.82. The highest BCUT2D eigenvalue weighted by Gasteiger charge is 2.57. The van der Waals surface area contributed by atoms with Gasteiger partial charge in [-0.25, -0.2) is 8.78 Å². The van der Waals surface area contributed by atoms with Gasteiger partial charge in [0.2, 0.25) is 5.91 Å². The smallest absolute Gasteiger partial charge is 0.226 e. The van der Waals surface area contributed by atoms with E-state index in [0.717, 1.165) is 35.8 Å². The number of nitrogens with one attached hydrogen (secondary N) is 1. The Bertz CT molecular complexity index is 871. The lowest BCUT2D eigenvalue weighted by Crippen LogP contribution is -2.46. The first-order valence-corrected chi connectivity index (χ1v) is 11.3. The molecule has 5 rings (SSSR count). The standard InChI is InChI=1S/C26H29F2NO.H2/c27-22-5-1-19(2-6-22)24(20-3-7-23(28)8-4-20)10-12-29-25(30)26-11-9-17-13-18(16-26)15-21(26)14-17;/h1-8,17-18,21,24H,9-16H2,(H,29,30);1H. The molecule has 4 atom stereocenters. The molecule has 3 saturated carbocycles. The average molecular weight is 412 g/mol. The Hall–Kier alpha value is -2.23. The van der Waals surface area contributed by atoms with Gasteiger partial charge in [-0.3, -0.25) is 4.79 Å². The number of benzene rings is 2. The number of amides is 1. The lowest BCUT2D eigenvalue weighted by Gasteiger charge is -2.41. The molecule has 1 N–H and O–H groups in total. The predicted molar refractivity (Wildman–Crippen MR) is 115 cm³/mol. The van der Waals surface area contributed by atoms with Crippen LogP contribution in [0, 0.1) is 34.8 Å². The van der Waals surface area contributed by atoms with Crippen LogP contribution in [0.3, 0.4) is 0 Å². The molecule has 3 aliphatic carbocycles. The number of rotatable bonds is 6. The van der Waals surface area contributed by atoms with Gasteiger partial charge < -0.3 is 5.32 Å². The normalized spacial score (nSPS) is 29.4. The molecule has 2 aromatic carbocycles. The Morgan fingerprint density at radius 3 is 2.20 bits per heavy atom. The van der Waals surface area contributed by atoms with Crippen LogP contribution in [0.15, 0.2) is 48.5 Å². The monoisotopic (exact) mass is 411 g/mol. The van der Waals surface area contributed by atoms with Crippen LogP contribution in [0.2, 0.25) is 0 Å². The van der Waals surface area contributed by atoms with Crippen LogP contribution in [0.25, 0.3) is 0 Å². The summed E-state index contributed by atoms with van der Waals surface area (Å²) in [7, 11) is 0. The summed E-state index contributed by atoms with van der Waals surface area (Å²) in [6.07, 6.45) is 7.81. The minimum Gasteiger partial charge on any atom is -0.356 e. The van der Waals surface area contributed by atoms with Crippen LogP contribution < -0.4 is 5.32 Å². The van der Waals surface area contributed by atoms with Crippen LogP contribution in [0.1, 0.15) is 63.4 Å². The number of hydrogen-bond donors (Lipinski definition) is 1. The lowest BCUT2D eigenvalue weighted by molar-refractivity contribution is -0.135. The van der Waals surface area contributed by atoms with E-state index in [1.807, 2.05) is 0 Å². The zero-order valence-corrected chi connectivity index (χ0v) is 17.2. The van der Waals surface area contributed by atoms with E-state index in [1.54, 1.807) is 24.3 Å². The summed E-state index contributed by atoms with van der Waals surface area (Å²) in [6.45, 7) is 0.570. The van der Waals surface area contributed by atoms with Gasteiger partial charge in [0.05, 0.1) is 5.41 Å². The lowest BCUT2D eigenvalue weighted by atomic mass is 9.64. The summed E-state index contributed by atoms with van der Waals surface area (Å²) in [5.74, 6) is 1.85. The van der Waals surface area contributed by atoms with E-state index in [-0.39, 0.29) is 30.3 Å². The van der Waals surface area contributed by atoms with Crippen LogP contribution in [0.5, 0.6) is 0 Å². The van der Waals surface area contributed by atoms with Crippen molar-refractivity contribution in [1.29, 1.82) is 0 Å². The molecule has 0 spiro atoms. The molecular formula is C26H31F2NO. The molecule has 0 aromatic heterocycles. The van der Waals surface area contributed by atoms with Crippen molar-refractivity contribution in [2.24, 2.45) is 23.2 Å². The van der Waals surface area contributed by atoms with E-state index in [9.17, 15) is 13.6 Å². The molecule has 3 aliphatic rings. The second-order valence-electron chi connectivity index (χ2n) is 9.74. The quantitative estimate of drug-likeness (QED) is 0.614. The number of carbonyl (C=O) groups is 1. The minimum absolute atomic E-state index is 0. The summed E-state index contributed by atoms with van der Waals surface area (Å²) in [5, 5.41) is 3.26. The first-order chi connectivity index (χ1) is 14.5. The third-order valence-electron chi connectivity index (χ3n) is 8.05. The zero-order valence-electron chi connectivity index (χ0n) is 17.2. The fraction of sp³-hybridized carbons (Fsp3) is 0.500. The predicted octanol–water partition coefficient (Wildman–Crippen LogP) is 6.07. The molecule has 2 aromatic rings. The number of fused-ring (bicyclic) bond motifs is 2. The minimum atomic E-state index is -0.271. The molecule has 160 valence electrons. The molecule has 4 heteroatoms. The van der Waals surface area contributed by atoms with Gasteiger partial charge in [0, 0.05) is 13.9 Å². The van der Waals surface area contributed by atoms with Crippen LogP contribution in [0.4, 0.5) is 8.78 Å². The van der Waals surface area contributed by atoms with Crippen LogP contribution >= 0.6 is 0 Å². The van der Waals surface area contributed by atoms with E-state index in [4.69, 9.17) is 0 Å². The second kappa shape index (κ2) is 7.79. The van der Waals surface area contributed by atoms with Gasteiger partial charge in [0.15, 0.2) is 0 Å². The van der Waals surface area contributed by atoms with Crippen molar-refractivity contribution in [3.63, 3.8) is 0 Å². The van der Waals surface area contributed by atoms with E-state index in [0.29, 0.717) is 18.9 Å². The topological polar surface area (TPSA) is 29.1 Å². The van der Waals surface area contributed by atoms with Gasteiger partial charge in [-0.1, -0.05) is 24.3 Å². The molecule has 0 aliphatic heterocycles. The van der Waals surface area contributed by atoms with Gasteiger partial charge >= 0.3 is 0 Å². The van der Waals surface area contributed by atoms with Crippen molar-refractivity contribution in [2.75, 3.05) is 6.54 Å². The molecule has 0 radical (unpaired) electrons. The molecular weight excluding hydrogens is 380 g/mol. The van der Waals surface area contributed by atoms with E-state index >= 15 is 0 Å². The van der Waals surface area contributed by atoms with E-state index in [2.05, 4.69) is 5.32 Å². The third kappa shape index (κ3) is 3.55. The van der Waals surface area contributed by atoms with E-state index in [1.165, 1.54) is 49.9 Å². The van der Waals surface area contributed by atoms with Gasteiger partial charge in [0.1, 0.15) is 11.6 Å². The summed E-state index contributed by atoms with van der Waals surface area (Å²) in [4.78, 5) is 13.3. The summed E-state index contributed by atoms with van der Waals surface area (Å²) >= 11 is 0. The fourth-order valence-electron chi connectivity index (χ4n) is 6.68. The molecule has 2 nitrogen and oxygen atoms in total. The maximum Gasteiger partial charge on any atom is 0.226 e. The Labute approximate surface area is 178 Å². The molecule has 1 amide bonds. The number of hydrogen-bond acceptors (Lipinski definition) is 1. The Kier molecular flexibility index (Phi) is 5.12. The van der Waals surface area contributed by atoms with Crippen molar-refractivity contribution < 1.29 is 15.0 Å². The van der Waals surface area contributed by atoms with Crippen molar-refractivity contribution in [3.8, 4) is 0 Å². The number of carbonyl (C=O) groups excluding carboxylic acids is 1. The van der Waals surface area contributed by atoms with Gasteiger partial charge in [-0.05, 0) is 98.1 Å². The van der Waals surface area contributed by atoms with Crippen molar-refractivity contribution in [1.82, 2.24) is 5.32 Å². The molecule has 3 fully saturated rings. The first-order valence-electron chi connectivity index (χ1n) is 11.3. The summed E-state index contributed by atoms with van der Waals surface area (Å²) in [6, 6.07) is 13.0. The molecule has 0 saturated heterocycles. The molecule has 4 unspecified atom stereocenters. The SMILES string of the molecule is O=C(NCCC(c1ccc(F)cc1)c1ccc(F)cc1)C12CCC3CC(CC1C3)C2.[HH]. The van der Waals surface area contributed by atoms with Crippen LogP contribution in [-0.4, -0.2) is 12.5 Å². The maximum absolute atomic E-state index is 13.4. The maximum atomic E-state index is 13.4. The summed E-state index contributed by atoms with van der Waals surface area (Å²) < 4.78 is 26.8. The second-order valence-corrected chi connectivity index (χ2v) is 9.74. The van der Waals surface area contributed by atoms with Gasteiger partial charge in [0.25, 0.3) is 0 Å². The highest BCUT2D eigenvalue weighted by atomic mass is 19.1. The molecule has 0 heterocycles. The fourth-order valence-corrected chi connectivity index (χ4v) is 6.68. The molecule has 3 bridgehead atoms. The largest absolute Gasteiger partial charge is 0.356 e. The Morgan fingerprint density at radius 2 is 1.57 bits per heavy atom. The highest BCUT2D eigenvalue weighted by Crippen LogP contribution is 2.62. The van der Waals surface area contributed by atoms with Gasteiger partial charge in [-0.2, -0.15) is 0 Å². The van der Waals surface area contributed by atoms with Crippen LogP contribution in [-0.2, 0) is 4.79 Å². The molecule has 30 heavy (non-hydrogen) atoms. The zero-order chi connectivity index (χ0) is 20.7. The highest BCUT2D eigenvalue weighted by molar-refractivity contribution is 5.83. The van der Waals surface area contributed by atoms with Crippen molar-refractivity contribution in [2.45, 2.75) is 50.9 Å². The van der Waals surface area contributed by atoms with Crippen molar-refractivity contribution in [3.05, 3.63) is 71.3 Å². The van der Waals surface area contributed by atoms with Gasteiger partial charge in [-0.15, -0.1) is 0 Å².